The van der Waals surface area contributed by atoms with Gasteiger partial charge >= 0.3 is 6.18 Å². The molecule has 1 aliphatic rings. The molecule has 0 bridgehead atoms. The van der Waals surface area contributed by atoms with Crippen LogP contribution in [0.3, 0.4) is 0 Å². The summed E-state index contributed by atoms with van der Waals surface area (Å²) in [4.78, 5) is 0. The predicted octanol–water partition coefficient (Wildman–Crippen LogP) is 3.71. The van der Waals surface area contributed by atoms with Crippen LogP contribution in [0.15, 0.2) is 18.2 Å². The van der Waals surface area contributed by atoms with E-state index in [9.17, 15) is 27.8 Å². The fourth-order valence-corrected chi connectivity index (χ4v) is 3.71. The zero-order chi connectivity index (χ0) is 18.0. The Bertz CT molecular complexity index is 567. The van der Waals surface area contributed by atoms with E-state index in [0.29, 0.717) is 31.2 Å². The van der Waals surface area contributed by atoms with Crippen molar-refractivity contribution in [3.63, 3.8) is 0 Å². The van der Waals surface area contributed by atoms with Gasteiger partial charge in [-0.05, 0) is 25.3 Å². The highest BCUT2D eigenvalue weighted by molar-refractivity contribution is 5.42. The number of para-hydroxylation sites is 1. The molecule has 0 heterocycles. The molecule has 2 N–H and O–H groups in total. The van der Waals surface area contributed by atoms with Crippen LogP contribution < -0.4 is 4.74 Å². The quantitative estimate of drug-likeness (QED) is 0.796. The maximum Gasteiger partial charge on any atom is 0.419 e. The number of aliphatic hydroxyl groups excluding tert-OH is 1. The molecule has 1 aromatic carbocycles. The van der Waals surface area contributed by atoms with Crippen molar-refractivity contribution in [1.29, 1.82) is 0 Å². The molecule has 0 spiro atoms. The average molecular weight is 350 g/mol. The smallest absolute Gasteiger partial charge is 0.419 e. The van der Waals surface area contributed by atoms with E-state index >= 15 is 0 Å². The minimum absolute atomic E-state index is 0.0955. The molecule has 0 radical (unpaired) electrons. The molecule has 2 rings (SSSR count). The van der Waals surface area contributed by atoms with Crippen LogP contribution in [0.5, 0.6) is 5.75 Å². The summed E-state index contributed by atoms with van der Waals surface area (Å²) in [5, 5.41) is 19.3. The van der Waals surface area contributed by atoms with Crippen molar-refractivity contribution in [2.24, 2.45) is 0 Å². The third kappa shape index (κ3) is 3.37. The summed E-state index contributed by atoms with van der Waals surface area (Å²) in [5.41, 5.74) is -4.01. The van der Waals surface area contributed by atoms with Crippen molar-refractivity contribution in [2.75, 3.05) is 13.7 Å². The second kappa shape index (κ2) is 6.88. The maximum atomic E-state index is 14.1. The first-order valence-corrected chi connectivity index (χ1v) is 7.92. The molecule has 0 saturated heterocycles. The van der Waals surface area contributed by atoms with Crippen LogP contribution in [0.25, 0.3) is 0 Å². The zero-order valence-corrected chi connectivity index (χ0v) is 13.5. The van der Waals surface area contributed by atoms with Gasteiger partial charge in [-0.3, -0.25) is 0 Å². The molecule has 24 heavy (non-hydrogen) atoms. The lowest BCUT2D eigenvalue weighted by Crippen LogP contribution is -2.53. The average Bonchev–Trinajstić information content (AvgIpc) is 2.54. The minimum atomic E-state index is -4.98. The van der Waals surface area contributed by atoms with Crippen LogP contribution in [-0.2, 0) is 5.41 Å². The number of benzene rings is 1. The number of hydrogen-bond donors (Lipinski definition) is 2. The Hall–Kier alpha value is -1.34. The Balaban J connectivity index is 2.54. The predicted molar refractivity (Wildman–Crippen MR) is 80.4 cm³/mol. The third-order valence-corrected chi connectivity index (χ3v) is 4.97. The molecular weight excluding hydrogens is 328 g/mol. The molecular formula is C17H22F4O3. The van der Waals surface area contributed by atoms with Crippen LogP contribution in [0.1, 0.15) is 44.1 Å². The Morgan fingerprint density at radius 3 is 2.29 bits per heavy atom. The molecule has 3 nitrogen and oxygen atoms in total. The van der Waals surface area contributed by atoms with Crippen LogP contribution >= 0.6 is 0 Å². The molecule has 7 heteroatoms. The van der Waals surface area contributed by atoms with E-state index in [1.54, 1.807) is 6.07 Å². The lowest BCUT2D eigenvalue weighted by molar-refractivity contribution is -0.278. The van der Waals surface area contributed by atoms with E-state index in [-0.39, 0.29) is 5.75 Å². The van der Waals surface area contributed by atoms with Gasteiger partial charge in [-0.2, -0.15) is 13.2 Å². The number of ether oxygens (including phenoxy) is 1. The largest absolute Gasteiger partial charge is 0.493 e. The van der Waals surface area contributed by atoms with Crippen molar-refractivity contribution in [1.82, 2.24) is 0 Å². The standard InChI is InChI=1S/C17H22F4O3/c1-24-14-12(6-5-7-13(14)18)15(8-3-2-4-9-15)10-16(23,11-22)17(19,20)21/h5-7,22-23H,2-4,8-11H2,1H3. The summed E-state index contributed by atoms with van der Waals surface area (Å²) in [6.45, 7) is -1.43. The molecule has 1 aliphatic carbocycles. The third-order valence-electron chi connectivity index (χ3n) is 4.97. The van der Waals surface area contributed by atoms with E-state index in [2.05, 4.69) is 0 Å². The molecule has 1 fully saturated rings. The first-order valence-electron chi connectivity index (χ1n) is 7.92. The van der Waals surface area contributed by atoms with E-state index in [4.69, 9.17) is 4.74 Å². The van der Waals surface area contributed by atoms with E-state index in [1.165, 1.54) is 19.2 Å². The van der Waals surface area contributed by atoms with Crippen LogP contribution in [0, 0.1) is 5.82 Å². The molecule has 0 amide bonds. The lowest BCUT2D eigenvalue weighted by Gasteiger charge is -2.44. The maximum absolute atomic E-state index is 14.1. The topological polar surface area (TPSA) is 49.7 Å². The number of rotatable bonds is 5. The SMILES string of the molecule is COc1c(F)cccc1C1(CC(O)(CO)C(F)(F)F)CCCCC1. The molecule has 1 aromatic rings. The van der Waals surface area contributed by atoms with Crippen LogP contribution in [0.2, 0.25) is 0 Å². The van der Waals surface area contributed by atoms with E-state index in [0.717, 1.165) is 6.42 Å². The molecule has 0 aromatic heterocycles. The highest BCUT2D eigenvalue weighted by Crippen LogP contribution is 2.51. The summed E-state index contributed by atoms with van der Waals surface area (Å²) in [6, 6.07) is 4.15. The fourth-order valence-electron chi connectivity index (χ4n) is 3.71. The van der Waals surface area contributed by atoms with Crippen molar-refractivity contribution in [3.8, 4) is 5.75 Å². The summed E-state index contributed by atoms with van der Waals surface area (Å²) in [5.74, 6) is -0.749. The van der Waals surface area contributed by atoms with Gasteiger partial charge in [-0.25, -0.2) is 4.39 Å². The van der Waals surface area contributed by atoms with Crippen molar-refractivity contribution >= 4 is 0 Å². The normalized spacial score (nSPS) is 20.5. The highest BCUT2D eigenvalue weighted by atomic mass is 19.4. The first kappa shape index (κ1) is 19.0. The van der Waals surface area contributed by atoms with Gasteiger partial charge in [0.05, 0.1) is 13.7 Å². The molecule has 1 atom stereocenters. The highest BCUT2D eigenvalue weighted by Gasteiger charge is 2.57. The van der Waals surface area contributed by atoms with Crippen molar-refractivity contribution in [2.45, 2.75) is 55.7 Å². The van der Waals surface area contributed by atoms with Gasteiger partial charge in [-0.1, -0.05) is 31.4 Å². The Kier molecular flexibility index (Phi) is 5.44. The first-order chi connectivity index (χ1) is 11.2. The van der Waals surface area contributed by atoms with Gasteiger partial charge in [0.2, 0.25) is 0 Å². The minimum Gasteiger partial charge on any atom is -0.493 e. The van der Waals surface area contributed by atoms with Crippen molar-refractivity contribution in [3.05, 3.63) is 29.6 Å². The number of methoxy groups -OCH3 is 1. The lowest BCUT2D eigenvalue weighted by atomic mass is 9.63. The molecule has 0 aliphatic heterocycles. The fraction of sp³-hybridized carbons (Fsp3) is 0.647. The van der Waals surface area contributed by atoms with E-state index in [1.807, 2.05) is 0 Å². The second-order valence-corrected chi connectivity index (χ2v) is 6.53. The Morgan fingerprint density at radius 2 is 1.79 bits per heavy atom. The van der Waals surface area contributed by atoms with Gasteiger partial charge in [0, 0.05) is 11.0 Å². The van der Waals surface area contributed by atoms with Gasteiger partial charge in [0.15, 0.2) is 17.2 Å². The zero-order valence-electron chi connectivity index (χ0n) is 13.5. The number of aliphatic hydroxyl groups is 2. The van der Waals surface area contributed by atoms with Crippen molar-refractivity contribution < 1.29 is 32.5 Å². The number of halogens is 4. The summed E-state index contributed by atoms with van der Waals surface area (Å²) >= 11 is 0. The van der Waals surface area contributed by atoms with Gasteiger partial charge < -0.3 is 14.9 Å². The van der Waals surface area contributed by atoms with Gasteiger partial charge in [-0.15, -0.1) is 0 Å². The monoisotopic (exact) mass is 350 g/mol. The molecule has 1 saturated carbocycles. The molecule has 1 unspecified atom stereocenters. The van der Waals surface area contributed by atoms with Crippen LogP contribution in [0.4, 0.5) is 17.6 Å². The summed E-state index contributed by atoms with van der Waals surface area (Å²) in [7, 11) is 1.26. The van der Waals surface area contributed by atoms with Crippen LogP contribution in [-0.4, -0.2) is 35.7 Å². The summed E-state index contributed by atoms with van der Waals surface area (Å²) < 4.78 is 59.0. The van der Waals surface area contributed by atoms with E-state index < -0.39 is 36.0 Å². The van der Waals surface area contributed by atoms with Gasteiger partial charge in [0.25, 0.3) is 0 Å². The Morgan fingerprint density at radius 1 is 1.17 bits per heavy atom. The van der Waals surface area contributed by atoms with Gasteiger partial charge in [0.1, 0.15) is 0 Å². The Labute approximate surface area is 138 Å². The summed E-state index contributed by atoms with van der Waals surface area (Å²) in [6.07, 6.45) is -2.77. The second-order valence-electron chi connectivity index (χ2n) is 6.53. The number of hydrogen-bond acceptors (Lipinski definition) is 3. The number of alkyl halides is 3. The molecule has 136 valence electrons.